The van der Waals surface area contributed by atoms with Crippen molar-refractivity contribution in [3.05, 3.63) is 24.0 Å². The highest BCUT2D eigenvalue weighted by atomic mass is 16.1. The van der Waals surface area contributed by atoms with Crippen LogP contribution in [-0.2, 0) is 11.3 Å². The van der Waals surface area contributed by atoms with Crippen LogP contribution in [0.4, 0.5) is 0 Å². The quantitative estimate of drug-likeness (QED) is 0.611. The molecule has 2 nitrogen and oxygen atoms in total. The van der Waals surface area contributed by atoms with Crippen molar-refractivity contribution < 1.29 is 4.79 Å². The summed E-state index contributed by atoms with van der Waals surface area (Å²) < 4.78 is 2.26. The first-order chi connectivity index (χ1) is 5.92. The van der Waals surface area contributed by atoms with E-state index in [-0.39, 0.29) is 0 Å². The number of aromatic nitrogens is 1. The van der Waals surface area contributed by atoms with Crippen LogP contribution < -0.4 is 0 Å². The monoisotopic (exact) mass is 163 g/mol. The number of fused-ring (bicyclic) bond motifs is 1. The van der Waals surface area contributed by atoms with Crippen molar-refractivity contribution in [2.24, 2.45) is 0 Å². The highest BCUT2D eigenvalue weighted by Crippen LogP contribution is 2.29. The summed E-state index contributed by atoms with van der Waals surface area (Å²) in [6, 6.07) is 4.20. The van der Waals surface area contributed by atoms with Crippen molar-refractivity contribution in [3.8, 4) is 0 Å². The standard InChI is InChI=1S/C10H13NO/c12-8-5-9-3-1-6-11-7-2-4-10(9)11/h2,4,7-9H,1,3,5-6H2/t9-/m0/s1. The second kappa shape index (κ2) is 3.13. The zero-order valence-electron chi connectivity index (χ0n) is 7.07. The molecule has 64 valence electrons. The van der Waals surface area contributed by atoms with E-state index in [0.717, 1.165) is 12.8 Å². The summed E-state index contributed by atoms with van der Waals surface area (Å²) in [5.74, 6) is 0.478. The van der Waals surface area contributed by atoms with Gasteiger partial charge < -0.3 is 9.36 Å². The zero-order valence-corrected chi connectivity index (χ0v) is 7.07. The van der Waals surface area contributed by atoms with Crippen LogP contribution in [0, 0.1) is 0 Å². The number of carbonyl (C=O) groups is 1. The lowest BCUT2D eigenvalue weighted by molar-refractivity contribution is -0.108. The van der Waals surface area contributed by atoms with Gasteiger partial charge >= 0.3 is 0 Å². The Bertz CT molecular complexity index is 277. The van der Waals surface area contributed by atoms with Crippen LogP contribution in [0.2, 0.25) is 0 Å². The Labute approximate surface area is 72.2 Å². The number of carbonyl (C=O) groups excluding carboxylic acids is 1. The summed E-state index contributed by atoms with van der Waals surface area (Å²) in [7, 11) is 0. The molecular formula is C10H13NO. The summed E-state index contributed by atoms with van der Waals surface area (Å²) in [5, 5.41) is 0. The molecular weight excluding hydrogens is 150 g/mol. The predicted molar refractivity (Wildman–Crippen MR) is 47.1 cm³/mol. The summed E-state index contributed by atoms with van der Waals surface area (Å²) in [6.07, 6.45) is 6.20. The zero-order chi connectivity index (χ0) is 8.39. The van der Waals surface area contributed by atoms with Gasteiger partial charge in [-0.3, -0.25) is 0 Å². The Morgan fingerprint density at radius 3 is 3.42 bits per heavy atom. The molecule has 1 aliphatic heterocycles. The van der Waals surface area contributed by atoms with Gasteiger partial charge in [0.05, 0.1) is 0 Å². The van der Waals surface area contributed by atoms with Gasteiger partial charge in [0, 0.05) is 30.8 Å². The van der Waals surface area contributed by atoms with Gasteiger partial charge in [-0.15, -0.1) is 0 Å². The van der Waals surface area contributed by atoms with Gasteiger partial charge in [-0.1, -0.05) is 0 Å². The molecule has 0 saturated carbocycles. The van der Waals surface area contributed by atoms with Gasteiger partial charge in [0.2, 0.25) is 0 Å². The Kier molecular flexibility index (Phi) is 1.98. The Balaban J connectivity index is 2.25. The third-order valence-electron chi connectivity index (χ3n) is 2.62. The normalized spacial score (nSPS) is 21.8. The summed E-state index contributed by atoms with van der Waals surface area (Å²) in [5.41, 5.74) is 1.34. The van der Waals surface area contributed by atoms with Gasteiger partial charge in [-0.2, -0.15) is 0 Å². The first-order valence-corrected chi connectivity index (χ1v) is 4.50. The maximum atomic E-state index is 10.4. The Hall–Kier alpha value is -1.05. The fourth-order valence-corrected chi connectivity index (χ4v) is 2.01. The minimum atomic E-state index is 0.478. The molecule has 0 spiro atoms. The number of aldehydes is 1. The van der Waals surface area contributed by atoms with E-state index in [1.54, 1.807) is 0 Å². The second-order valence-electron chi connectivity index (χ2n) is 3.37. The van der Waals surface area contributed by atoms with Crippen LogP contribution in [0.1, 0.15) is 30.9 Å². The van der Waals surface area contributed by atoms with E-state index >= 15 is 0 Å². The molecule has 0 aliphatic carbocycles. The van der Waals surface area contributed by atoms with E-state index in [0.29, 0.717) is 12.3 Å². The van der Waals surface area contributed by atoms with Crippen molar-refractivity contribution in [1.82, 2.24) is 4.57 Å². The maximum Gasteiger partial charge on any atom is 0.120 e. The lowest BCUT2D eigenvalue weighted by Gasteiger charge is -2.22. The fourth-order valence-electron chi connectivity index (χ4n) is 2.01. The van der Waals surface area contributed by atoms with Crippen LogP contribution in [0.15, 0.2) is 18.3 Å². The molecule has 0 N–H and O–H groups in total. The molecule has 1 atom stereocenters. The van der Waals surface area contributed by atoms with Gasteiger partial charge in [0.1, 0.15) is 6.29 Å². The van der Waals surface area contributed by atoms with E-state index in [1.165, 1.54) is 18.5 Å². The largest absolute Gasteiger partial charge is 0.351 e. The lowest BCUT2D eigenvalue weighted by atomic mass is 9.94. The first-order valence-electron chi connectivity index (χ1n) is 4.50. The molecule has 0 aromatic carbocycles. The number of rotatable bonds is 2. The van der Waals surface area contributed by atoms with Crippen LogP contribution >= 0.6 is 0 Å². The van der Waals surface area contributed by atoms with E-state index in [1.807, 2.05) is 0 Å². The average Bonchev–Trinajstić information content (AvgIpc) is 2.53. The molecule has 12 heavy (non-hydrogen) atoms. The Morgan fingerprint density at radius 1 is 1.67 bits per heavy atom. The highest BCUT2D eigenvalue weighted by molar-refractivity contribution is 5.51. The molecule has 2 heteroatoms. The van der Waals surface area contributed by atoms with Crippen molar-refractivity contribution in [1.29, 1.82) is 0 Å². The van der Waals surface area contributed by atoms with E-state index in [9.17, 15) is 4.79 Å². The number of hydrogen-bond acceptors (Lipinski definition) is 1. The third-order valence-corrected chi connectivity index (χ3v) is 2.62. The topological polar surface area (TPSA) is 22.0 Å². The minimum absolute atomic E-state index is 0.478. The van der Waals surface area contributed by atoms with Crippen LogP contribution in [0.5, 0.6) is 0 Å². The molecule has 2 rings (SSSR count). The molecule has 0 saturated heterocycles. The van der Waals surface area contributed by atoms with Crippen molar-refractivity contribution in [2.45, 2.75) is 31.7 Å². The predicted octanol–water partition coefficient (Wildman–Crippen LogP) is 1.95. The SMILES string of the molecule is O=CC[C@@H]1CCCn2cccc21. The number of nitrogens with zero attached hydrogens (tertiary/aromatic N) is 1. The molecule has 0 radical (unpaired) electrons. The lowest BCUT2D eigenvalue weighted by Crippen LogP contribution is -2.14. The molecule has 0 fully saturated rings. The van der Waals surface area contributed by atoms with Gasteiger partial charge in [-0.05, 0) is 25.0 Å². The van der Waals surface area contributed by atoms with Gasteiger partial charge in [-0.25, -0.2) is 0 Å². The van der Waals surface area contributed by atoms with E-state index < -0.39 is 0 Å². The van der Waals surface area contributed by atoms with Crippen molar-refractivity contribution in [3.63, 3.8) is 0 Å². The van der Waals surface area contributed by atoms with Crippen LogP contribution in [-0.4, -0.2) is 10.9 Å². The highest BCUT2D eigenvalue weighted by Gasteiger charge is 2.18. The number of hydrogen-bond donors (Lipinski definition) is 0. The second-order valence-corrected chi connectivity index (χ2v) is 3.37. The molecule has 0 amide bonds. The molecule has 0 bridgehead atoms. The molecule has 1 aliphatic rings. The summed E-state index contributed by atoms with van der Waals surface area (Å²) in [4.78, 5) is 10.4. The van der Waals surface area contributed by atoms with Crippen molar-refractivity contribution >= 4 is 6.29 Å². The van der Waals surface area contributed by atoms with Crippen LogP contribution in [0.25, 0.3) is 0 Å². The minimum Gasteiger partial charge on any atom is -0.351 e. The fraction of sp³-hybridized carbons (Fsp3) is 0.500. The summed E-state index contributed by atoms with van der Waals surface area (Å²) >= 11 is 0. The maximum absolute atomic E-state index is 10.4. The van der Waals surface area contributed by atoms with Gasteiger partial charge in [0.25, 0.3) is 0 Å². The summed E-state index contributed by atoms with van der Waals surface area (Å²) in [6.45, 7) is 1.12. The molecule has 0 unspecified atom stereocenters. The average molecular weight is 163 g/mol. The number of aryl methyl sites for hydroxylation is 1. The van der Waals surface area contributed by atoms with Crippen molar-refractivity contribution in [2.75, 3.05) is 0 Å². The molecule has 1 aromatic heterocycles. The molecule has 1 aromatic rings. The molecule has 2 heterocycles. The Morgan fingerprint density at radius 2 is 2.58 bits per heavy atom. The van der Waals surface area contributed by atoms with E-state index in [2.05, 4.69) is 22.9 Å². The third kappa shape index (κ3) is 1.17. The first kappa shape index (κ1) is 7.59. The smallest absolute Gasteiger partial charge is 0.120 e. The van der Waals surface area contributed by atoms with Crippen LogP contribution in [0.3, 0.4) is 0 Å². The van der Waals surface area contributed by atoms with E-state index in [4.69, 9.17) is 0 Å². The van der Waals surface area contributed by atoms with Gasteiger partial charge in [0.15, 0.2) is 0 Å².